The van der Waals surface area contributed by atoms with Crippen molar-refractivity contribution in [1.29, 1.82) is 5.26 Å². The van der Waals surface area contributed by atoms with Gasteiger partial charge < -0.3 is 15.0 Å². The second-order valence-electron chi connectivity index (χ2n) is 6.74. The van der Waals surface area contributed by atoms with Crippen LogP contribution in [0.2, 0.25) is 0 Å². The van der Waals surface area contributed by atoms with Crippen LogP contribution < -0.4 is 5.73 Å². The van der Waals surface area contributed by atoms with Crippen molar-refractivity contribution in [2.75, 3.05) is 19.4 Å². The Labute approximate surface area is 170 Å². The number of anilines is 1. The van der Waals surface area contributed by atoms with Crippen LogP contribution in [0.5, 0.6) is 0 Å². The van der Waals surface area contributed by atoms with E-state index >= 15 is 0 Å². The molecule has 0 amide bonds. The minimum absolute atomic E-state index is 0.129. The van der Waals surface area contributed by atoms with Gasteiger partial charge in [0.25, 0.3) is 0 Å². The Balaban J connectivity index is 1.90. The van der Waals surface area contributed by atoms with E-state index in [1.165, 1.54) is 12.7 Å². The number of carbonyl (C=O) groups is 1. The van der Waals surface area contributed by atoms with Gasteiger partial charge in [-0.05, 0) is 29.8 Å². The van der Waals surface area contributed by atoms with Crippen LogP contribution in [0.3, 0.4) is 0 Å². The number of aromatic nitrogens is 1. The molecule has 0 saturated heterocycles. The van der Waals surface area contributed by atoms with Crippen LogP contribution in [-0.2, 0) is 17.8 Å². The lowest BCUT2D eigenvalue weighted by Crippen LogP contribution is -2.22. The zero-order valence-corrected chi connectivity index (χ0v) is 16.6. The van der Waals surface area contributed by atoms with Crippen molar-refractivity contribution >= 4 is 11.7 Å². The zero-order chi connectivity index (χ0) is 20.8. The molecule has 0 fully saturated rings. The van der Waals surface area contributed by atoms with Crippen molar-refractivity contribution in [3.8, 4) is 11.8 Å². The van der Waals surface area contributed by atoms with E-state index in [1.54, 1.807) is 10.8 Å². The molecule has 0 bridgehead atoms. The van der Waals surface area contributed by atoms with Crippen molar-refractivity contribution < 1.29 is 9.53 Å². The Hall–Kier alpha value is -3.56. The monoisotopic (exact) mass is 388 g/mol. The predicted molar refractivity (Wildman–Crippen MR) is 112 cm³/mol. The van der Waals surface area contributed by atoms with E-state index in [0.717, 1.165) is 30.9 Å². The van der Waals surface area contributed by atoms with Gasteiger partial charge in [0.15, 0.2) is 5.69 Å². The van der Waals surface area contributed by atoms with Crippen LogP contribution in [0.25, 0.3) is 5.69 Å². The average Bonchev–Trinajstić information content (AvgIpc) is 3.10. The highest BCUT2D eigenvalue weighted by atomic mass is 16.5. The maximum atomic E-state index is 12.2. The molecule has 0 spiro atoms. The summed E-state index contributed by atoms with van der Waals surface area (Å²) in [5.41, 5.74) is 9.66. The highest BCUT2D eigenvalue weighted by Crippen LogP contribution is 2.25. The van der Waals surface area contributed by atoms with Gasteiger partial charge in [-0.25, -0.2) is 4.79 Å². The molecule has 3 rings (SSSR count). The molecule has 29 heavy (non-hydrogen) atoms. The van der Waals surface area contributed by atoms with Gasteiger partial charge >= 0.3 is 5.97 Å². The van der Waals surface area contributed by atoms with E-state index in [0.29, 0.717) is 0 Å². The van der Waals surface area contributed by atoms with Gasteiger partial charge in [-0.3, -0.25) is 4.90 Å². The molecule has 6 heteroatoms. The van der Waals surface area contributed by atoms with Crippen LogP contribution in [0.15, 0.2) is 60.8 Å². The molecular weight excluding hydrogens is 364 g/mol. The average molecular weight is 388 g/mol. The van der Waals surface area contributed by atoms with Crippen molar-refractivity contribution in [2.45, 2.75) is 20.0 Å². The number of ether oxygens (including phenoxy) is 1. The van der Waals surface area contributed by atoms with E-state index in [-0.39, 0.29) is 16.9 Å². The molecule has 2 aromatic carbocycles. The third kappa shape index (κ3) is 4.48. The number of methoxy groups -OCH3 is 1. The van der Waals surface area contributed by atoms with Crippen LogP contribution in [-0.4, -0.2) is 29.1 Å². The Morgan fingerprint density at radius 1 is 1.14 bits per heavy atom. The number of nitrogen functional groups attached to an aromatic ring is 1. The third-order valence-corrected chi connectivity index (χ3v) is 4.83. The van der Waals surface area contributed by atoms with Crippen LogP contribution in [0, 0.1) is 11.3 Å². The Morgan fingerprint density at radius 3 is 2.48 bits per heavy atom. The first-order chi connectivity index (χ1) is 14.1. The third-order valence-electron chi connectivity index (χ3n) is 4.83. The summed E-state index contributed by atoms with van der Waals surface area (Å²) < 4.78 is 6.48. The zero-order valence-electron chi connectivity index (χ0n) is 16.6. The molecule has 0 radical (unpaired) electrons. The van der Waals surface area contributed by atoms with Gasteiger partial charge in [0, 0.05) is 25.0 Å². The number of benzene rings is 2. The summed E-state index contributed by atoms with van der Waals surface area (Å²) >= 11 is 0. The molecule has 1 heterocycles. The minimum Gasteiger partial charge on any atom is -0.464 e. The molecule has 148 valence electrons. The summed E-state index contributed by atoms with van der Waals surface area (Å²) in [5.74, 6) is -0.575. The van der Waals surface area contributed by atoms with Crippen molar-refractivity contribution in [3.05, 3.63) is 83.2 Å². The summed E-state index contributed by atoms with van der Waals surface area (Å²) in [5, 5.41) is 9.30. The van der Waals surface area contributed by atoms with Crippen molar-refractivity contribution in [1.82, 2.24) is 9.47 Å². The number of carbonyl (C=O) groups excluding carboxylic acids is 1. The first-order valence-electron chi connectivity index (χ1n) is 9.42. The number of nitriles is 1. The van der Waals surface area contributed by atoms with Gasteiger partial charge in [0.1, 0.15) is 6.07 Å². The fourth-order valence-electron chi connectivity index (χ4n) is 3.30. The van der Waals surface area contributed by atoms with Gasteiger partial charge in [0.05, 0.1) is 18.4 Å². The smallest absolute Gasteiger partial charge is 0.357 e. The Morgan fingerprint density at radius 2 is 1.83 bits per heavy atom. The van der Waals surface area contributed by atoms with Gasteiger partial charge in [-0.1, -0.05) is 49.4 Å². The van der Waals surface area contributed by atoms with E-state index in [1.807, 2.05) is 48.5 Å². The SMILES string of the molecule is CCN(Cc1ccccc1)Cc1cccc(-n2cc(C#N)c(N)c2C(=O)OC)c1. The lowest BCUT2D eigenvalue weighted by atomic mass is 10.1. The maximum absolute atomic E-state index is 12.2. The molecular formula is C23H24N4O2. The molecule has 1 aromatic heterocycles. The molecule has 0 aliphatic carbocycles. The molecule has 0 saturated carbocycles. The van der Waals surface area contributed by atoms with E-state index in [2.05, 4.69) is 24.0 Å². The molecule has 6 nitrogen and oxygen atoms in total. The summed E-state index contributed by atoms with van der Waals surface area (Å²) in [6.07, 6.45) is 1.57. The van der Waals surface area contributed by atoms with Crippen molar-refractivity contribution in [2.24, 2.45) is 0 Å². The number of nitrogens with two attached hydrogens (primary N) is 1. The van der Waals surface area contributed by atoms with Crippen LogP contribution in [0.4, 0.5) is 5.69 Å². The normalized spacial score (nSPS) is 10.7. The van der Waals surface area contributed by atoms with Crippen molar-refractivity contribution in [3.63, 3.8) is 0 Å². The molecule has 0 unspecified atom stereocenters. The largest absolute Gasteiger partial charge is 0.464 e. The fourth-order valence-corrected chi connectivity index (χ4v) is 3.30. The topological polar surface area (TPSA) is 84.3 Å². The maximum Gasteiger partial charge on any atom is 0.357 e. The fraction of sp³-hybridized carbons (Fsp3) is 0.217. The summed E-state index contributed by atoms with van der Waals surface area (Å²) in [6.45, 7) is 4.65. The molecule has 2 N–H and O–H groups in total. The van der Waals surface area contributed by atoms with Crippen LogP contribution in [0.1, 0.15) is 34.1 Å². The first-order valence-corrected chi connectivity index (χ1v) is 9.42. The van der Waals surface area contributed by atoms with Gasteiger partial charge in [0.2, 0.25) is 0 Å². The first kappa shape index (κ1) is 20.2. The second-order valence-corrected chi connectivity index (χ2v) is 6.74. The molecule has 0 aliphatic rings. The standard InChI is InChI=1S/C23H24N4O2/c1-3-26(14-17-8-5-4-6-9-17)15-18-10-7-11-20(12-18)27-16-19(13-24)21(25)22(27)23(28)29-2/h4-12,16H,3,14-15,25H2,1-2H3. The summed E-state index contributed by atoms with van der Waals surface area (Å²) in [4.78, 5) is 14.6. The van der Waals surface area contributed by atoms with Crippen LogP contribution >= 0.6 is 0 Å². The Kier molecular flexibility index (Phi) is 6.32. The number of hydrogen-bond acceptors (Lipinski definition) is 5. The number of rotatable bonds is 7. The number of nitrogens with zero attached hydrogens (tertiary/aromatic N) is 3. The predicted octanol–water partition coefficient (Wildman–Crippen LogP) is 3.74. The summed E-state index contributed by atoms with van der Waals surface area (Å²) in [7, 11) is 1.30. The highest BCUT2D eigenvalue weighted by Gasteiger charge is 2.21. The van der Waals surface area contributed by atoms with Gasteiger partial charge in [-0.15, -0.1) is 0 Å². The Bertz CT molecular complexity index is 1030. The van der Waals surface area contributed by atoms with E-state index in [9.17, 15) is 10.1 Å². The van der Waals surface area contributed by atoms with Gasteiger partial charge in [-0.2, -0.15) is 5.26 Å². The number of esters is 1. The van der Waals surface area contributed by atoms with E-state index in [4.69, 9.17) is 10.5 Å². The quantitative estimate of drug-likeness (QED) is 0.623. The minimum atomic E-state index is -0.575. The summed E-state index contributed by atoms with van der Waals surface area (Å²) in [6, 6.07) is 20.2. The second kappa shape index (κ2) is 9.09. The molecule has 3 aromatic rings. The van der Waals surface area contributed by atoms with E-state index < -0.39 is 5.97 Å². The molecule has 0 atom stereocenters. The molecule has 0 aliphatic heterocycles. The number of hydrogen-bond donors (Lipinski definition) is 1. The lowest BCUT2D eigenvalue weighted by Gasteiger charge is -2.21. The highest BCUT2D eigenvalue weighted by molar-refractivity contribution is 5.95. The lowest BCUT2D eigenvalue weighted by molar-refractivity contribution is 0.0593.